The van der Waals surface area contributed by atoms with Gasteiger partial charge in [-0.2, -0.15) is 4.68 Å². The minimum atomic E-state index is 0.585. The molecule has 0 unspecified atom stereocenters. The maximum absolute atomic E-state index is 3.87. The number of rotatable bonds is 2. The van der Waals surface area contributed by atoms with Gasteiger partial charge in [-0.15, -0.1) is 5.10 Å². The number of nitrogens with zero attached hydrogens (tertiary/aromatic N) is 4. The number of para-hydroxylation sites is 1. The number of tetrazole rings is 1. The van der Waals surface area contributed by atoms with Crippen LogP contribution in [0, 0.1) is 6.92 Å². The fourth-order valence-electron chi connectivity index (χ4n) is 1.13. The van der Waals surface area contributed by atoms with Gasteiger partial charge >= 0.3 is 0 Å². The highest BCUT2D eigenvalue weighted by molar-refractivity contribution is 5.30. The highest BCUT2D eigenvalue weighted by Gasteiger charge is 2.03. The summed E-state index contributed by atoms with van der Waals surface area (Å²) < 4.78 is 1.69. The van der Waals surface area contributed by atoms with Crippen LogP contribution in [0.5, 0.6) is 0 Å². The molecule has 1 radical (unpaired) electrons. The molecule has 0 aliphatic heterocycles. The van der Waals surface area contributed by atoms with Gasteiger partial charge in [-0.3, -0.25) is 0 Å². The summed E-state index contributed by atoms with van der Waals surface area (Å²) in [5.41, 5.74) is 0.964. The zero-order valence-corrected chi connectivity index (χ0v) is 7.09. The maximum atomic E-state index is 3.87. The zero-order valence-electron chi connectivity index (χ0n) is 7.09. The lowest BCUT2D eigenvalue weighted by Crippen LogP contribution is -2.01. The van der Waals surface area contributed by atoms with Crippen molar-refractivity contribution in [2.75, 3.05) is 0 Å². The lowest BCUT2D eigenvalue weighted by molar-refractivity contribution is 0.772. The maximum Gasteiger partial charge on any atom is 0.156 e. The quantitative estimate of drug-likeness (QED) is 0.681. The summed E-state index contributed by atoms with van der Waals surface area (Å²) in [7, 11) is 0. The van der Waals surface area contributed by atoms with Crippen molar-refractivity contribution in [1.82, 2.24) is 20.2 Å². The van der Waals surface area contributed by atoms with Crippen molar-refractivity contribution in [2.24, 2.45) is 0 Å². The third kappa shape index (κ3) is 1.42. The zero-order chi connectivity index (χ0) is 9.10. The van der Waals surface area contributed by atoms with E-state index in [9.17, 15) is 0 Å². The first-order valence-corrected chi connectivity index (χ1v) is 4.04. The summed E-state index contributed by atoms with van der Waals surface area (Å²) in [5.74, 6) is 0.770. The molecule has 65 valence electrons. The van der Waals surface area contributed by atoms with Crippen LogP contribution in [0.15, 0.2) is 30.3 Å². The second-order valence-corrected chi connectivity index (χ2v) is 2.59. The Morgan fingerprint density at radius 3 is 2.69 bits per heavy atom. The van der Waals surface area contributed by atoms with E-state index in [0.717, 1.165) is 11.5 Å². The monoisotopic (exact) mass is 173 g/mol. The third-order valence-electron chi connectivity index (χ3n) is 1.76. The van der Waals surface area contributed by atoms with E-state index in [0.29, 0.717) is 6.42 Å². The highest BCUT2D eigenvalue weighted by atomic mass is 15.5. The molecule has 1 heterocycles. The fraction of sp³-hybridized carbons (Fsp3) is 0.111. The molecule has 0 amide bonds. The fourth-order valence-corrected chi connectivity index (χ4v) is 1.13. The van der Waals surface area contributed by atoms with E-state index in [-0.39, 0.29) is 0 Å². The Kier molecular flexibility index (Phi) is 2.04. The predicted octanol–water partition coefficient (Wildman–Crippen LogP) is 1.04. The average molecular weight is 173 g/mol. The van der Waals surface area contributed by atoms with Gasteiger partial charge in [0.2, 0.25) is 0 Å². The summed E-state index contributed by atoms with van der Waals surface area (Å²) >= 11 is 0. The largest absolute Gasteiger partial charge is 0.197 e. The van der Waals surface area contributed by atoms with E-state index in [1.54, 1.807) is 4.68 Å². The molecule has 0 aliphatic carbocycles. The van der Waals surface area contributed by atoms with Gasteiger partial charge in [0.1, 0.15) is 0 Å². The molecule has 0 saturated carbocycles. The Balaban J connectivity index is 2.47. The molecular weight excluding hydrogens is 164 g/mol. The topological polar surface area (TPSA) is 43.6 Å². The van der Waals surface area contributed by atoms with E-state index in [1.807, 2.05) is 30.3 Å². The molecule has 1 aromatic carbocycles. The third-order valence-corrected chi connectivity index (χ3v) is 1.76. The Hall–Kier alpha value is -1.71. The van der Waals surface area contributed by atoms with Gasteiger partial charge in [-0.25, -0.2) is 0 Å². The second kappa shape index (κ2) is 3.35. The summed E-state index contributed by atoms with van der Waals surface area (Å²) in [6, 6.07) is 9.76. The van der Waals surface area contributed by atoms with Crippen molar-refractivity contribution in [2.45, 2.75) is 6.42 Å². The smallest absolute Gasteiger partial charge is 0.156 e. The van der Waals surface area contributed by atoms with Gasteiger partial charge in [0.05, 0.1) is 5.69 Å². The predicted molar refractivity (Wildman–Crippen MR) is 48.2 cm³/mol. The molecular formula is C9H9N4. The molecule has 0 fully saturated rings. The van der Waals surface area contributed by atoms with Crippen LogP contribution in [0.2, 0.25) is 0 Å². The van der Waals surface area contributed by atoms with Crippen LogP contribution in [0.4, 0.5) is 0 Å². The molecule has 4 heteroatoms. The Bertz CT molecular complexity index is 380. The molecule has 0 atom stereocenters. The number of hydrogen-bond donors (Lipinski definition) is 0. The first-order valence-electron chi connectivity index (χ1n) is 4.04. The molecule has 1 aromatic heterocycles. The van der Waals surface area contributed by atoms with Crippen molar-refractivity contribution in [1.29, 1.82) is 0 Å². The minimum Gasteiger partial charge on any atom is -0.197 e. The molecule has 4 nitrogen and oxygen atoms in total. The van der Waals surface area contributed by atoms with Crippen molar-refractivity contribution >= 4 is 0 Å². The van der Waals surface area contributed by atoms with Crippen molar-refractivity contribution < 1.29 is 0 Å². The van der Waals surface area contributed by atoms with Gasteiger partial charge in [-0.05, 0) is 29.5 Å². The van der Waals surface area contributed by atoms with Crippen LogP contribution in [0.1, 0.15) is 5.82 Å². The van der Waals surface area contributed by atoms with Crippen LogP contribution in [-0.4, -0.2) is 20.2 Å². The van der Waals surface area contributed by atoms with Crippen LogP contribution >= 0.6 is 0 Å². The number of aromatic nitrogens is 4. The van der Waals surface area contributed by atoms with Crippen LogP contribution < -0.4 is 0 Å². The lowest BCUT2D eigenvalue weighted by Gasteiger charge is -2.00. The standard InChI is InChI=1S/C9H9N4/c1-2-9-10-11-12-13(9)8-6-4-3-5-7-8/h3-7H,1-2H2. The first kappa shape index (κ1) is 7.91. The van der Waals surface area contributed by atoms with E-state index in [4.69, 9.17) is 0 Å². The highest BCUT2D eigenvalue weighted by Crippen LogP contribution is 2.06. The lowest BCUT2D eigenvalue weighted by atomic mass is 10.3. The number of benzene rings is 1. The normalized spacial score (nSPS) is 10.2. The van der Waals surface area contributed by atoms with E-state index < -0.39 is 0 Å². The SMILES string of the molecule is [CH2]Cc1nnnn1-c1ccccc1. The first-order chi connectivity index (χ1) is 6.42. The van der Waals surface area contributed by atoms with Crippen molar-refractivity contribution in [3.63, 3.8) is 0 Å². The van der Waals surface area contributed by atoms with Gasteiger partial charge in [0.15, 0.2) is 5.82 Å². The molecule has 0 N–H and O–H groups in total. The van der Waals surface area contributed by atoms with E-state index in [1.165, 1.54) is 0 Å². The molecule has 2 aromatic rings. The Morgan fingerprint density at radius 2 is 2.00 bits per heavy atom. The molecule has 13 heavy (non-hydrogen) atoms. The molecule has 0 bridgehead atoms. The summed E-state index contributed by atoms with van der Waals surface area (Å²) in [6.45, 7) is 3.75. The van der Waals surface area contributed by atoms with Gasteiger partial charge in [-0.1, -0.05) is 18.2 Å². The molecule has 0 spiro atoms. The van der Waals surface area contributed by atoms with Gasteiger partial charge in [0, 0.05) is 6.42 Å². The van der Waals surface area contributed by atoms with Crippen LogP contribution in [-0.2, 0) is 6.42 Å². The number of hydrogen-bond acceptors (Lipinski definition) is 3. The molecule has 0 saturated heterocycles. The summed E-state index contributed by atoms with van der Waals surface area (Å²) in [5, 5.41) is 11.3. The van der Waals surface area contributed by atoms with Crippen molar-refractivity contribution in [3.05, 3.63) is 43.1 Å². The summed E-state index contributed by atoms with van der Waals surface area (Å²) in [4.78, 5) is 0. The van der Waals surface area contributed by atoms with E-state index in [2.05, 4.69) is 22.4 Å². The molecule has 2 rings (SSSR count). The van der Waals surface area contributed by atoms with Crippen molar-refractivity contribution in [3.8, 4) is 5.69 Å². The Labute approximate surface area is 76.2 Å². The van der Waals surface area contributed by atoms with Gasteiger partial charge in [0.25, 0.3) is 0 Å². The average Bonchev–Trinajstić information content (AvgIpc) is 2.67. The Morgan fingerprint density at radius 1 is 1.23 bits per heavy atom. The minimum absolute atomic E-state index is 0.585. The van der Waals surface area contributed by atoms with Crippen LogP contribution in [0.25, 0.3) is 5.69 Å². The van der Waals surface area contributed by atoms with Crippen LogP contribution in [0.3, 0.4) is 0 Å². The second-order valence-electron chi connectivity index (χ2n) is 2.59. The van der Waals surface area contributed by atoms with E-state index >= 15 is 0 Å². The summed E-state index contributed by atoms with van der Waals surface area (Å²) in [6.07, 6.45) is 0.585. The molecule has 0 aliphatic rings. The van der Waals surface area contributed by atoms with Gasteiger partial charge < -0.3 is 0 Å².